The molecule has 0 bridgehead atoms. The highest BCUT2D eigenvalue weighted by atomic mass is 16.8. The minimum atomic E-state index is -2.23. The molecule has 398 valence electrons. The van der Waals surface area contributed by atoms with Gasteiger partial charge in [0.25, 0.3) is 0 Å². The first-order chi connectivity index (χ1) is 32.3. The summed E-state index contributed by atoms with van der Waals surface area (Å²) in [6.45, 7) is -5.37. The van der Waals surface area contributed by atoms with E-state index < -0.39 is 224 Å². The van der Waals surface area contributed by atoms with Gasteiger partial charge in [0.1, 0.15) is 146 Å². The molecule has 19 N–H and O–H groups in total. The van der Waals surface area contributed by atoms with Crippen molar-refractivity contribution in [1.82, 2.24) is 0 Å². The number of hydrogen-bond donors (Lipinski definition) is 19. The zero-order valence-electron chi connectivity index (χ0n) is 36.0. The molecule has 0 aromatic rings. The molecule has 6 saturated heterocycles. The fourth-order valence-corrected chi connectivity index (χ4v) is 8.69. The molecule has 68 heavy (non-hydrogen) atoms. The maximum absolute atomic E-state index is 11.5. The van der Waals surface area contributed by atoms with Crippen LogP contribution in [-0.2, 0) is 56.8 Å². The van der Waals surface area contributed by atoms with Crippen molar-refractivity contribution in [3.05, 3.63) is 0 Å². The maximum atomic E-state index is 11.5. The van der Waals surface area contributed by atoms with Crippen LogP contribution in [0.25, 0.3) is 0 Å². The number of ether oxygens (including phenoxy) is 12. The van der Waals surface area contributed by atoms with Gasteiger partial charge in [0.15, 0.2) is 37.7 Å². The first kappa shape index (κ1) is 56.1. The van der Waals surface area contributed by atoms with E-state index in [1.807, 2.05) is 0 Å². The molecule has 6 fully saturated rings. The summed E-state index contributed by atoms with van der Waals surface area (Å²) in [6.07, 6.45) is -55.7. The lowest BCUT2D eigenvalue weighted by atomic mass is 9.95. The highest BCUT2D eigenvalue weighted by Gasteiger charge is 2.57. The average Bonchev–Trinajstić information content (AvgIpc) is 3.33. The Kier molecular flexibility index (Phi) is 19.9. The summed E-state index contributed by atoms with van der Waals surface area (Å²) >= 11 is 0. The molecule has 6 heterocycles. The van der Waals surface area contributed by atoms with Crippen molar-refractivity contribution in [3.63, 3.8) is 0 Å². The second kappa shape index (κ2) is 24.2. The second-order valence-electron chi connectivity index (χ2n) is 17.0. The Hall–Kier alpha value is -1.24. The number of hydrogen-bond acceptors (Lipinski definition) is 31. The highest BCUT2D eigenvalue weighted by Crippen LogP contribution is 2.36. The molecular weight excluding hydrogens is 940 g/mol. The zero-order chi connectivity index (χ0) is 50.0. The Morgan fingerprint density at radius 2 is 0.588 bits per heavy atom. The molecule has 0 radical (unpaired) electrons. The third kappa shape index (κ3) is 11.4. The Labute approximate surface area is 384 Å². The van der Waals surface area contributed by atoms with Crippen LogP contribution in [0.2, 0.25) is 0 Å². The van der Waals surface area contributed by atoms with E-state index in [9.17, 15) is 97.0 Å². The van der Waals surface area contributed by atoms with Crippen molar-refractivity contribution in [2.75, 3.05) is 46.8 Å². The molecule has 31 heteroatoms. The third-order valence-corrected chi connectivity index (χ3v) is 12.7. The van der Waals surface area contributed by atoms with Crippen LogP contribution < -0.4 is 0 Å². The molecule has 0 aromatic heterocycles. The van der Waals surface area contributed by atoms with Gasteiger partial charge < -0.3 is 154 Å². The summed E-state index contributed by atoms with van der Waals surface area (Å²) < 4.78 is 66.5. The molecule has 6 rings (SSSR count). The van der Waals surface area contributed by atoms with Crippen LogP contribution >= 0.6 is 0 Å². The van der Waals surface area contributed by atoms with Crippen molar-refractivity contribution in [1.29, 1.82) is 0 Å². The van der Waals surface area contributed by atoms with E-state index in [1.165, 1.54) is 7.11 Å². The van der Waals surface area contributed by atoms with Gasteiger partial charge >= 0.3 is 0 Å². The van der Waals surface area contributed by atoms with Gasteiger partial charge in [-0.15, -0.1) is 0 Å². The Morgan fingerprint density at radius 3 is 0.971 bits per heavy atom. The van der Waals surface area contributed by atoms with Gasteiger partial charge in [-0.1, -0.05) is 0 Å². The van der Waals surface area contributed by atoms with Crippen LogP contribution in [0.5, 0.6) is 0 Å². The van der Waals surface area contributed by atoms with E-state index in [2.05, 4.69) is 0 Å². The molecule has 0 aliphatic carbocycles. The van der Waals surface area contributed by atoms with Gasteiger partial charge in [-0.3, -0.25) is 0 Å². The van der Waals surface area contributed by atoms with Crippen LogP contribution in [0.3, 0.4) is 0 Å². The lowest BCUT2D eigenvalue weighted by Gasteiger charge is -2.49. The summed E-state index contributed by atoms with van der Waals surface area (Å²) in [5.74, 6) is 0. The molecule has 0 spiro atoms. The van der Waals surface area contributed by atoms with Crippen molar-refractivity contribution in [2.24, 2.45) is 0 Å². The van der Waals surface area contributed by atoms with Crippen molar-refractivity contribution in [3.8, 4) is 0 Å². The number of aliphatic hydroxyl groups excluding tert-OH is 19. The quantitative estimate of drug-likeness (QED) is 0.0643. The largest absolute Gasteiger partial charge is 0.394 e. The van der Waals surface area contributed by atoms with Crippen molar-refractivity contribution >= 4 is 0 Å². The maximum Gasteiger partial charge on any atom is 0.187 e. The fourth-order valence-electron chi connectivity index (χ4n) is 8.69. The Balaban J connectivity index is 1.17. The van der Waals surface area contributed by atoms with E-state index in [0.717, 1.165) is 0 Å². The summed E-state index contributed by atoms with van der Waals surface area (Å²) in [5, 5.41) is 200. The molecule has 23 unspecified atom stereocenters. The predicted octanol–water partition coefficient (Wildman–Crippen LogP) is -13.4. The first-order valence-corrected chi connectivity index (χ1v) is 21.5. The van der Waals surface area contributed by atoms with E-state index >= 15 is 0 Å². The molecule has 0 saturated carbocycles. The molecule has 0 amide bonds. The van der Waals surface area contributed by atoms with Gasteiger partial charge in [0.05, 0.1) is 39.6 Å². The van der Waals surface area contributed by atoms with Crippen molar-refractivity contribution in [2.45, 2.75) is 184 Å². The number of rotatable bonds is 17. The van der Waals surface area contributed by atoms with E-state index in [1.54, 1.807) is 0 Å². The Morgan fingerprint density at radius 1 is 0.294 bits per heavy atom. The summed E-state index contributed by atoms with van der Waals surface area (Å²) in [7, 11) is 1.18. The standard InChI is InChI=1S/C37H64O31/c1-57-27-9(3-39)61-34(23(52)17(27)46)66-29-11(5-41)62-35(24(53)18(29)47)67-30-12(6-42)63-36(25(54)19(30)48)68-31-13(7-58-33-22(51)15(44)14(43)8(2-38)60-33)64-37(26(55)20(31)49)65-28-10(4-40)59-32(56)21(50)16(28)45/h8-56H,2-7H2,1H3/t8-,9?,10?,11-,12?,13-,14?,15?,16?,17?,18?,19?,20?,21?,22?,23?,24?,25?,26?,27?,28?,29+,30?,31+,32?,33?,34?,35+,36?,37+/m0/s1. The number of methoxy groups -OCH3 is 1. The highest BCUT2D eigenvalue weighted by molar-refractivity contribution is 4.99. The lowest BCUT2D eigenvalue weighted by molar-refractivity contribution is -0.395. The van der Waals surface area contributed by atoms with Gasteiger partial charge in [-0.25, -0.2) is 0 Å². The lowest BCUT2D eigenvalue weighted by Crippen LogP contribution is -2.68. The SMILES string of the molecule is COC1C(CO)OC(O[C@H]2C(O)C(O)[C@@H](OC3C(CO)OC(O[C@H]4C(O)C(O)[C@@H](OC5C(CO)OC(O)C(O)C5O)O[C@H]4COC4O[C@@H](CO)C(O)C(O)C4O)C(O)C3O)O[C@H]2CO)C(O)C1O. The summed E-state index contributed by atoms with van der Waals surface area (Å²) in [5.41, 5.74) is 0. The predicted molar refractivity (Wildman–Crippen MR) is 204 cm³/mol. The minimum Gasteiger partial charge on any atom is -0.394 e. The minimum absolute atomic E-state index is 0.704. The molecule has 6 aliphatic rings. The topological polar surface area (TPSA) is 495 Å². The molecular formula is C37H64O31. The molecule has 30 atom stereocenters. The normalized spacial score (nSPS) is 52.8. The zero-order valence-corrected chi connectivity index (χ0v) is 36.0. The second-order valence-corrected chi connectivity index (χ2v) is 17.0. The van der Waals surface area contributed by atoms with Crippen molar-refractivity contribution < 1.29 is 154 Å². The van der Waals surface area contributed by atoms with Gasteiger partial charge in [-0.05, 0) is 0 Å². The monoisotopic (exact) mass is 1000 g/mol. The van der Waals surface area contributed by atoms with Crippen LogP contribution in [0.4, 0.5) is 0 Å². The smallest absolute Gasteiger partial charge is 0.187 e. The Bertz CT molecular complexity index is 1520. The van der Waals surface area contributed by atoms with Gasteiger partial charge in [0.2, 0.25) is 0 Å². The number of aliphatic hydroxyl groups is 19. The molecule has 6 aliphatic heterocycles. The summed E-state index contributed by atoms with van der Waals surface area (Å²) in [6, 6.07) is 0. The molecule has 0 aromatic carbocycles. The fraction of sp³-hybridized carbons (Fsp3) is 1.00. The van der Waals surface area contributed by atoms with Gasteiger partial charge in [0, 0.05) is 7.11 Å². The van der Waals surface area contributed by atoms with E-state index in [0.29, 0.717) is 0 Å². The van der Waals surface area contributed by atoms with E-state index in [-0.39, 0.29) is 0 Å². The van der Waals surface area contributed by atoms with Crippen LogP contribution in [0.1, 0.15) is 0 Å². The first-order valence-electron chi connectivity index (χ1n) is 21.5. The third-order valence-electron chi connectivity index (χ3n) is 12.7. The van der Waals surface area contributed by atoms with Crippen LogP contribution in [0.15, 0.2) is 0 Å². The van der Waals surface area contributed by atoms with E-state index in [4.69, 9.17) is 56.8 Å². The van der Waals surface area contributed by atoms with Crippen LogP contribution in [0, 0.1) is 0 Å². The van der Waals surface area contributed by atoms with Crippen LogP contribution in [-0.4, -0.2) is 328 Å². The molecule has 31 nitrogen and oxygen atoms in total. The van der Waals surface area contributed by atoms with Gasteiger partial charge in [-0.2, -0.15) is 0 Å². The average molecular weight is 1000 g/mol. The summed E-state index contributed by atoms with van der Waals surface area (Å²) in [4.78, 5) is 0.